The zero-order valence-electron chi connectivity index (χ0n) is 14.5. The number of unbranched alkanes of at least 4 members (excludes halogenated alkanes) is 7. The molecule has 0 unspecified atom stereocenters. The summed E-state index contributed by atoms with van der Waals surface area (Å²) in [6, 6.07) is 0. The van der Waals surface area contributed by atoms with Gasteiger partial charge in [-0.3, -0.25) is 0 Å². The third-order valence-electron chi connectivity index (χ3n) is 3.95. The number of hydrogen-bond acceptors (Lipinski definition) is 0. The second kappa shape index (κ2) is 14.6. The molecule has 1 aliphatic carbocycles. The van der Waals surface area contributed by atoms with Gasteiger partial charge in [0.25, 0.3) is 0 Å². The molecule has 0 atom stereocenters. The lowest BCUT2D eigenvalue weighted by Gasteiger charge is -1.96. The molecule has 1 rings (SSSR count). The Balaban J connectivity index is 1.83. The van der Waals surface area contributed by atoms with Gasteiger partial charge in [-0.15, -0.1) is 0 Å². The first-order chi connectivity index (χ1) is 10.9. The van der Waals surface area contributed by atoms with Crippen LogP contribution in [0, 0.1) is 0 Å². The molecule has 0 aromatic rings. The molecule has 0 saturated heterocycles. The molecular formula is C22H34. The molecule has 0 spiro atoms. The summed E-state index contributed by atoms with van der Waals surface area (Å²) in [5, 5.41) is 0. The molecule has 0 N–H and O–H groups in total. The monoisotopic (exact) mass is 298 g/mol. The summed E-state index contributed by atoms with van der Waals surface area (Å²) < 4.78 is 0. The minimum atomic E-state index is 1.11. The lowest BCUT2D eigenvalue weighted by molar-refractivity contribution is 0.695. The fourth-order valence-electron chi connectivity index (χ4n) is 2.54. The van der Waals surface area contributed by atoms with E-state index in [-0.39, 0.29) is 0 Å². The third kappa shape index (κ3) is 11.4. The Hall–Kier alpha value is -1.30. The second-order valence-corrected chi connectivity index (χ2v) is 6.09. The summed E-state index contributed by atoms with van der Waals surface area (Å²) in [5.41, 5.74) is 1.45. The molecule has 0 nitrogen and oxygen atoms in total. The van der Waals surface area contributed by atoms with Crippen LogP contribution in [0.4, 0.5) is 0 Å². The molecule has 0 fully saturated rings. The summed E-state index contributed by atoms with van der Waals surface area (Å²) in [6.07, 6.45) is 34.5. The molecule has 0 aromatic carbocycles. The number of allylic oxidation sites excluding steroid dienone is 10. The van der Waals surface area contributed by atoms with Crippen molar-refractivity contribution < 1.29 is 0 Å². The lowest BCUT2D eigenvalue weighted by Crippen LogP contribution is -1.76. The van der Waals surface area contributed by atoms with Crippen LogP contribution in [-0.2, 0) is 0 Å². The van der Waals surface area contributed by atoms with Crippen molar-refractivity contribution in [1.29, 1.82) is 0 Å². The number of rotatable bonds is 13. The van der Waals surface area contributed by atoms with Crippen molar-refractivity contribution in [2.24, 2.45) is 0 Å². The number of hydrogen-bond donors (Lipinski definition) is 0. The van der Waals surface area contributed by atoms with Crippen LogP contribution in [0.25, 0.3) is 0 Å². The largest absolute Gasteiger partial charge is 0.0882 e. The normalized spacial score (nSPS) is 14.9. The van der Waals surface area contributed by atoms with Crippen LogP contribution >= 0.6 is 0 Å². The highest BCUT2D eigenvalue weighted by Crippen LogP contribution is 2.12. The van der Waals surface area contributed by atoms with E-state index in [2.05, 4.69) is 61.6 Å². The van der Waals surface area contributed by atoms with Crippen LogP contribution in [0.3, 0.4) is 0 Å². The average molecular weight is 299 g/mol. The van der Waals surface area contributed by atoms with Gasteiger partial charge in [-0.2, -0.15) is 0 Å². The van der Waals surface area contributed by atoms with Crippen molar-refractivity contribution in [2.45, 2.75) is 77.6 Å². The summed E-state index contributed by atoms with van der Waals surface area (Å²) in [6.45, 7) is 2.26. The van der Waals surface area contributed by atoms with Crippen molar-refractivity contribution in [3.63, 3.8) is 0 Å². The molecule has 0 heteroatoms. The van der Waals surface area contributed by atoms with E-state index in [4.69, 9.17) is 0 Å². The minimum Gasteiger partial charge on any atom is -0.0882 e. The molecular weight excluding hydrogens is 264 g/mol. The maximum absolute atomic E-state index is 2.35. The Morgan fingerprint density at radius 2 is 1.50 bits per heavy atom. The van der Waals surface area contributed by atoms with Gasteiger partial charge in [0, 0.05) is 0 Å². The van der Waals surface area contributed by atoms with Crippen molar-refractivity contribution in [3.05, 3.63) is 60.3 Å². The molecule has 0 radical (unpaired) electrons. The lowest BCUT2D eigenvalue weighted by atomic mass is 10.1. The van der Waals surface area contributed by atoms with Gasteiger partial charge in [0.15, 0.2) is 0 Å². The van der Waals surface area contributed by atoms with Crippen molar-refractivity contribution in [1.82, 2.24) is 0 Å². The van der Waals surface area contributed by atoms with Gasteiger partial charge in [0.1, 0.15) is 0 Å². The van der Waals surface area contributed by atoms with Crippen LogP contribution in [0.2, 0.25) is 0 Å². The molecule has 0 heterocycles. The maximum Gasteiger partial charge on any atom is -0.00944 e. The van der Waals surface area contributed by atoms with E-state index in [1.807, 2.05) is 0 Å². The Morgan fingerprint density at radius 1 is 0.818 bits per heavy atom. The van der Waals surface area contributed by atoms with Gasteiger partial charge in [0.05, 0.1) is 0 Å². The van der Waals surface area contributed by atoms with E-state index in [9.17, 15) is 0 Å². The average Bonchev–Trinajstić information content (AvgIpc) is 3.04. The van der Waals surface area contributed by atoms with Gasteiger partial charge >= 0.3 is 0 Å². The fraction of sp³-hybridized carbons (Fsp3) is 0.545. The van der Waals surface area contributed by atoms with Gasteiger partial charge in [-0.25, -0.2) is 0 Å². The van der Waals surface area contributed by atoms with Gasteiger partial charge in [-0.1, -0.05) is 80.9 Å². The highest BCUT2D eigenvalue weighted by Gasteiger charge is 1.92. The summed E-state index contributed by atoms with van der Waals surface area (Å²) in [7, 11) is 0. The SMILES string of the molecule is CCCCC/C=C\C/C=C\CCCCC/C=C/C1=CC=CC1. The Labute approximate surface area is 138 Å². The minimum absolute atomic E-state index is 1.11. The molecule has 22 heavy (non-hydrogen) atoms. The Bertz CT molecular complexity index is 390. The van der Waals surface area contributed by atoms with Gasteiger partial charge in [-0.05, 0) is 56.9 Å². The predicted octanol–water partition coefficient (Wildman–Crippen LogP) is 7.46. The van der Waals surface area contributed by atoms with Crippen LogP contribution in [0.1, 0.15) is 77.6 Å². The first-order valence-electron chi connectivity index (χ1n) is 9.25. The van der Waals surface area contributed by atoms with E-state index in [0.717, 1.165) is 12.8 Å². The third-order valence-corrected chi connectivity index (χ3v) is 3.95. The zero-order valence-corrected chi connectivity index (χ0v) is 14.5. The summed E-state index contributed by atoms with van der Waals surface area (Å²) >= 11 is 0. The predicted molar refractivity (Wildman–Crippen MR) is 101 cm³/mol. The molecule has 0 aromatic heterocycles. The molecule has 1 aliphatic rings. The first kappa shape index (κ1) is 18.7. The van der Waals surface area contributed by atoms with Gasteiger partial charge in [0.2, 0.25) is 0 Å². The quantitative estimate of drug-likeness (QED) is 0.244. The van der Waals surface area contributed by atoms with Crippen LogP contribution < -0.4 is 0 Å². The zero-order chi connectivity index (χ0) is 15.7. The molecule has 0 bridgehead atoms. The molecule has 122 valence electrons. The Morgan fingerprint density at radius 3 is 2.14 bits per heavy atom. The highest BCUT2D eigenvalue weighted by molar-refractivity contribution is 5.31. The highest BCUT2D eigenvalue weighted by atomic mass is 14.0. The van der Waals surface area contributed by atoms with Crippen LogP contribution in [0.15, 0.2) is 60.3 Å². The van der Waals surface area contributed by atoms with Crippen LogP contribution in [0.5, 0.6) is 0 Å². The molecule has 0 saturated carbocycles. The summed E-state index contributed by atoms with van der Waals surface area (Å²) in [5.74, 6) is 0. The van der Waals surface area contributed by atoms with E-state index >= 15 is 0 Å². The topological polar surface area (TPSA) is 0 Å². The van der Waals surface area contributed by atoms with Crippen molar-refractivity contribution >= 4 is 0 Å². The van der Waals surface area contributed by atoms with Crippen molar-refractivity contribution in [2.75, 3.05) is 0 Å². The molecule has 0 amide bonds. The van der Waals surface area contributed by atoms with E-state index in [0.29, 0.717) is 0 Å². The van der Waals surface area contributed by atoms with Crippen molar-refractivity contribution in [3.8, 4) is 0 Å². The second-order valence-electron chi connectivity index (χ2n) is 6.09. The maximum atomic E-state index is 2.35. The molecule has 0 aliphatic heterocycles. The first-order valence-corrected chi connectivity index (χ1v) is 9.25. The van der Waals surface area contributed by atoms with Crippen LogP contribution in [-0.4, -0.2) is 0 Å². The van der Waals surface area contributed by atoms with E-state index < -0.39 is 0 Å². The fourth-order valence-corrected chi connectivity index (χ4v) is 2.54. The van der Waals surface area contributed by atoms with E-state index in [1.165, 1.54) is 63.4 Å². The smallest absolute Gasteiger partial charge is 0.00944 e. The standard InChI is InChI=1S/C22H34/c1-2-3-4-5-6-7-8-9-10-11-12-13-14-15-16-19-22-20-17-18-21-22/h6-7,9-10,16-20H,2-5,8,11-15,21H2,1H3/b7-6-,10-9-,19-16+. The summed E-state index contributed by atoms with van der Waals surface area (Å²) in [4.78, 5) is 0. The van der Waals surface area contributed by atoms with Gasteiger partial charge < -0.3 is 0 Å². The Kier molecular flexibility index (Phi) is 12.5. The van der Waals surface area contributed by atoms with E-state index in [1.54, 1.807) is 0 Å².